The number of ether oxygens (including phenoxy) is 1. The first-order valence-electron chi connectivity index (χ1n) is 9.95. The van der Waals surface area contributed by atoms with E-state index < -0.39 is 12.0 Å². The standard InChI is InChI=1S/C24H21BrClFN2O2/c1-2-31-21-11-4-8-16(23(21)30)20-13-19(14-6-3-7-15(25)12-14)28-24(29-20)22-17(26)9-5-10-18(22)27/h3-12,20,24,29-30H,2,13H2,1H3/t20-,24-/m0/s1. The summed E-state index contributed by atoms with van der Waals surface area (Å²) >= 11 is 9.85. The quantitative estimate of drug-likeness (QED) is 0.414. The maximum atomic E-state index is 14.7. The van der Waals surface area contributed by atoms with Gasteiger partial charge in [-0.1, -0.05) is 57.9 Å². The van der Waals surface area contributed by atoms with Crippen LogP contribution in [0, 0.1) is 5.82 Å². The molecule has 4 rings (SSSR count). The molecule has 0 saturated heterocycles. The molecule has 0 spiro atoms. The predicted molar refractivity (Wildman–Crippen MR) is 125 cm³/mol. The molecule has 0 fully saturated rings. The number of phenols is 1. The second kappa shape index (κ2) is 9.39. The number of halogens is 3. The molecule has 1 aliphatic rings. The van der Waals surface area contributed by atoms with E-state index in [0.29, 0.717) is 29.4 Å². The highest BCUT2D eigenvalue weighted by molar-refractivity contribution is 9.10. The van der Waals surface area contributed by atoms with Crippen molar-refractivity contribution in [2.75, 3.05) is 6.61 Å². The molecule has 3 aromatic rings. The average molecular weight is 504 g/mol. The van der Waals surface area contributed by atoms with Crippen molar-refractivity contribution in [1.82, 2.24) is 5.32 Å². The Morgan fingerprint density at radius 2 is 1.97 bits per heavy atom. The normalized spacial score (nSPS) is 18.5. The van der Waals surface area contributed by atoms with E-state index in [1.165, 1.54) is 6.07 Å². The Bertz CT molecular complexity index is 1120. The fraction of sp³-hybridized carbons (Fsp3) is 0.208. The van der Waals surface area contributed by atoms with Crippen molar-refractivity contribution < 1.29 is 14.2 Å². The summed E-state index contributed by atoms with van der Waals surface area (Å²) in [5, 5.41) is 14.5. The average Bonchev–Trinajstić information content (AvgIpc) is 2.75. The number of phenolic OH excluding ortho intramolecular Hbond substituents is 1. The maximum Gasteiger partial charge on any atom is 0.162 e. The van der Waals surface area contributed by atoms with Gasteiger partial charge in [0.1, 0.15) is 12.0 Å². The van der Waals surface area contributed by atoms with Crippen molar-refractivity contribution in [3.8, 4) is 11.5 Å². The van der Waals surface area contributed by atoms with Gasteiger partial charge in [-0.3, -0.25) is 10.3 Å². The molecule has 0 unspecified atom stereocenters. The Morgan fingerprint density at radius 1 is 1.19 bits per heavy atom. The number of hydrogen-bond acceptors (Lipinski definition) is 4. The highest BCUT2D eigenvalue weighted by atomic mass is 79.9. The molecule has 0 amide bonds. The minimum Gasteiger partial charge on any atom is -0.504 e. The van der Waals surface area contributed by atoms with E-state index in [0.717, 1.165) is 15.7 Å². The van der Waals surface area contributed by atoms with Crippen LogP contribution >= 0.6 is 27.5 Å². The molecular formula is C24H21BrClFN2O2. The monoisotopic (exact) mass is 502 g/mol. The van der Waals surface area contributed by atoms with Crippen molar-refractivity contribution >= 4 is 33.2 Å². The van der Waals surface area contributed by atoms with Crippen molar-refractivity contribution in [1.29, 1.82) is 0 Å². The molecule has 1 heterocycles. The lowest BCUT2D eigenvalue weighted by Gasteiger charge is -2.31. The Labute approximate surface area is 193 Å². The largest absolute Gasteiger partial charge is 0.504 e. The number of hydrogen-bond donors (Lipinski definition) is 2. The van der Waals surface area contributed by atoms with E-state index in [4.69, 9.17) is 21.3 Å². The summed E-state index contributed by atoms with van der Waals surface area (Å²) in [5.74, 6) is 0.0415. The molecule has 0 saturated carbocycles. The van der Waals surface area contributed by atoms with Gasteiger partial charge in [0.2, 0.25) is 0 Å². The van der Waals surface area contributed by atoms with Crippen LogP contribution in [-0.4, -0.2) is 17.4 Å². The number of nitrogens with one attached hydrogen (secondary N) is 1. The van der Waals surface area contributed by atoms with Gasteiger partial charge >= 0.3 is 0 Å². The number of para-hydroxylation sites is 1. The van der Waals surface area contributed by atoms with Gasteiger partial charge in [0.25, 0.3) is 0 Å². The van der Waals surface area contributed by atoms with Crippen LogP contribution in [0.2, 0.25) is 5.02 Å². The zero-order chi connectivity index (χ0) is 22.0. The Kier molecular flexibility index (Phi) is 6.60. The van der Waals surface area contributed by atoms with Gasteiger partial charge in [-0.15, -0.1) is 0 Å². The first-order valence-corrected chi connectivity index (χ1v) is 11.1. The SMILES string of the molecule is CCOc1cccc([C@@H]2CC(c3cccc(Br)c3)=N[C@H](c3c(F)cccc3Cl)N2)c1O. The van der Waals surface area contributed by atoms with Gasteiger partial charge < -0.3 is 9.84 Å². The van der Waals surface area contributed by atoms with E-state index in [2.05, 4.69) is 21.2 Å². The smallest absolute Gasteiger partial charge is 0.162 e. The van der Waals surface area contributed by atoms with E-state index >= 15 is 0 Å². The number of nitrogens with zero attached hydrogens (tertiary/aromatic N) is 1. The van der Waals surface area contributed by atoms with Gasteiger partial charge in [-0.05, 0) is 42.8 Å². The highest BCUT2D eigenvalue weighted by Gasteiger charge is 2.31. The number of benzene rings is 3. The second-order valence-corrected chi connectivity index (χ2v) is 8.50. The molecule has 4 nitrogen and oxygen atoms in total. The van der Waals surface area contributed by atoms with Crippen LogP contribution in [0.5, 0.6) is 11.5 Å². The predicted octanol–water partition coefficient (Wildman–Crippen LogP) is 6.57. The molecule has 7 heteroatoms. The molecule has 0 radical (unpaired) electrons. The van der Waals surface area contributed by atoms with Crippen molar-refractivity contribution in [2.45, 2.75) is 25.6 Å². The molecule has 3 aromatic carbocycles. The third kappa shape index (κ3) is 4.61. The Hall–Kier alpha value is -2.41. The number of rotatable bonds is 5. The van der Waals surface area contributed by atoms with E-state index in [9.17, 15) is 9.50 Å². The Balaban J connectivity index is 1.81. The fourth-order valence-electron chi connectivity index (χ4n) is 3.76. The summed E-state index contributed by atoms with van der Waals surface area (Å²) in [6.07, 6.45) is -0.209. The zero-order valence-electron chi connectivity index (χ0n) is 16.8. The van der Waals surface area contributed by atoms with Gasteiger partial charge in [0.05, 0.1) is 11.6 Å². The van der Waals surface area contributed by atoms with Crippen LogP contribution < -0.4 is 10.1 Å². The minimum absolute atomic E-state index is 0.0655. The third-order valence-corrected chi connectivity index (χ3v) is 6.00. The molecule has 1 aliphatic heterocycles. The molecule has 2 atom stereocenters. The maximum absolute atomic E-state index is 14.7. The van der Waals surface area contributed by atoms with Crippen LogP contribution in [0.3, 0.4) is 0 Å². The van der Waals surface area contributed by atoms with Crippen LogP contribution in [0.1, 0.15) is 42.2 Å². The van der Waals surface area contributed by atoms with Crippen LogP contribution in [0.4, 0.5) is 4.39 Å². The van der Waals surface area contributed by atoms with Gasteiger partial charge in [-0.2, -0.15) is 0 Å². The third-order valence-electron chi connectivity index (χ3n) is 5.18. The minimum atomic E-state index is -0.711. The molecule has 0 bridgehead atoms. The fourth-order valence-corrected chi connectivity index (χ4v) is 4.43. The first kappa shape index (κ1) is 21.8. The molecule has 160 valence electrons. The summed E-state index contributed by atoms with van der Waals surface area (Å²) in [5.41, 5.74) is 2.64. The van der Waals surface area contributed by atoms with Gasteiger partial charge in [0, 0.05) is 33.8 Å². The first-order chi connectivity index (χ1) is 15.0. The molecule has 2 N–H and O–H groups in total. The lowest BCUT2D eigenvalue weighted by Crippen LogP contribution is -2.33. The molecule has 0 aliphatic carbocycles. The van der Waals surface area contributed by atoms with Crippen LogP contribution in [0.25, 0.3) is 0 Å². The summed E-state index contributed by atoms with van der Waals surface area (Å²) < 4.78 is 21.2. The van der Waals surface area contributed by atoms with E-state index in [-0.39, 0.29) is 17.4 Å². The lowest BCUT2D eigenvalue weighted by atomic mass is 9.93. The summed E-state index contributed by atoms with van der Waals surface area (Å²) in [6, 6.07) is 17.4. The number of aliphatic imine (C=N–C) groups is 1. The molecule has 31 heavy (non-hydrogen) atoms. The van der Waals surface area contributed by atoms with Crippen LogP contribution in [-0.2, 0) is 0 Å². The lowest BCUT2D eigenvalue weighted by molar-refractivity contribution is 0.313. The van der Waals surface area contributed by atoms with Crippen molar-refractivity contribution in [3.63, 3.8) is 0 Å². The molecular weight excluding hydrogens is 483 g/mol. The summed E-state index contributed by atoms with van der Waals surface area (Å²) in [4.78, 5) is 4.80. The molecule has 0 aromatic heterocycles. The number of aromatic hydroxyl groups is 1. The van der Waals surface area contributed by atoms with E-state index in [1.54, 1.807) is 18.2 Å². The van der Waals surface area contributed by atoms with Crippen LogP contribution in [0.15, 0.2) is 70.1 Å². The van der Waals surface area contributed by atoms with Crippen molar-refractivity contribution in [2.24, 2.45) is 4.99 Å². The van der Waals surface area contributed by atoms with Gasteiger partial charge in [0.15, 0.2) is 11.5 Å². The Morgan fingerprint density at radius 3 is 2.71 bits per heavy atom. The van der Waals surface area contributed by atoms with Crippen molar-refractivity contribution in [3.05, 3.63) is 92.7 Å². The second-order valence-electron chi connectivity index (χ2n) is 7.17. The summed E-state index contributed by atoms with van der Waals surface area (Å²) in [6.45, 7) is 2.30. The summed E-state index contributed by atoms with van der Waals surface area (Å²) in [7, 11) is 0. The highest BCUT2D eigenvalue weighted by Crippen LogP contribution is 2.40. The zero-order valence-corrected chi connectivity index (χ0v) is 19.1. The topological polar surface area (TPSA) is 53.8 Å². The van der Waals surface area contributed by atoms with Gasteiger partial charge in [-0.25, -0.2) is 4.39 Å². The van der Waals surface area contributed by atoms with E-state index in [1.807, 2.05) is 43.3 Å².